The number of halogens is 1. The van der Waals surface area contributed by atoms with E-state index in [1.54, 1.807) is 12.1 Å². The second kappa shape index (κ2) is 11.3. The molecule has 0 radical (unpaired) electrons. The van der Waals surface area contributed by atoms with Crippen molar-refractivity contribution >= 4 is 31.2 Å². The second-order valence-corrected chi connectivity index (χ2v) is 14.4. The molecule has 42 heavy (non-hydrogen) atoms. The molecule has 0 atom stereocenters. The molecule has 2 aromatic carbocycles. The molecule has 2 aliphatic rings. The summed E-state index contributed by atoms with van der Waals surface area (Å²) < 4.78 is 71.3. The van der Waals surface area contributed by atoms with Gasteiger partial charge in [-0.15, -0.1) is 5.10 Å². The van der Waals surface area contributed by atoms with E-state index in [0.29, 0.717) is 24.2 Å². The van der Waals surface area contributed by atoms with Crippen molar-refractivity contribution in [1.82, 2.24) is 34.0 Å². The quantitative estimate of drug-likeness (QED) is 0.306. The zero-order valence-electron chi connectivity index (χ0n) is 22.6. The molecule has 12 nitrogen and oxygen atoms in total. The van der Waals surface area contributed by atoms with Crippen LogP contribution in [0.3, 0.4) is 0 Å². The fourth-order valence-corrected chi connectivity index (χ4v) is 8.41. The van der Waals surface area contributed by atoms with Crippen LogP contribution in [0.4, 0.5) is 4.39 Å². The molecule has 0 bridgehead atoms. The van der Waals surface area contributed by atoms with Gasteiger partial charge in [0.25, 0.3) is 5.56 Å². The second-order valence-electron chi connectivity index (χ2n) is 10.8. The average molecular weight is 616 g/mol. The van der Waals surface area contributed by atoms with Gasteiger partial charge in [0.2, 0.25) is 20.0 Å². The normalized spacial score (nSPS) is 17.7. The van der Waals surface area contributed by atoms with E-state index >= 15 is 0 Å². The van der Waals surface area contributed by atoms with Gasteiger partial charge in [0, 0.05) is 25.0 Å². The number of sulfonamides is 2. The number of benzene rings is 2. The van der Waals surface area contributed by atoms with Crippen LogP contribution in [0, 0.1) is 5.82 Å². The molecule has 1 saturated heterocycles. The molecule has 2 N–H and O–H groups in total. The molecule has 0 amide bonds. The van der Waals surface area contributed by atoms with Crippen LogP contribution < -0.4 is 10.3 Å². The SMILES string of the molecule is O=c1[nH]c(C2CCN(S(=O)(=O)c3ccc(S(=O)(=O)NC4CCCC4)cc3)CC2)nc2c1nnn2Cc1cccc(F)c1. The molecule has 2 aromatic heterocycles. The Balaban J connectivity index is 1.15. The van der Waals surface area contributed by atoms with Crippen molar-refractivity contribution in [3.8, 4) is 0 Å². The minimum absolute atomic E-state index is 0.0149. The molecule has 0 spiro atoms. The summed E-state index contributed by atoms with van der Waals surface area (Å²) in [7, 11) is -7.59. The summed E-state index contributed by atoms with van der Waals surface area (Å²) in [5.74, 6) is -0.181. The Bertz CT molecular complexity index is 1880. The molecule has 3 heterocycles. The molecule has 0 unspecified atom stereocenters. The Morgan fingerprint density at radius 2 is 1.64 bits per heavy atom. The van der Waals surface area contributed by atoms with Crippen molar-refractivity contribution < 1.29 is 21.2 Å². The monoisotopic (exact) mass is 615 g/mol. The molecular weight excluding hydrogens is 585 g/mol. The van der Waals surface area contributed by atoms with Crippen LogP contribution in [0.1, 0.15) is 55.8 Å². The zero-order valence-corrected chi connectivity index (χ0v) is 24.2. The third kappa shape index (κ3) is 5.73. The highest BCUT2D eigenvalue weighted by Crippen LogP contribution is 2.30. The van der Waals surface area contributed by atoms with Gasteiger partial charge in [-0.05, 0) is 67.6 Å². The third-order valence-electron chi connectivity index (χ3n) is 7.90. The average Bonchev–Trinajstić information content (AvgIpc) is 3.63. The molecule has 1 aliphatic carbocycles. The van der Waals surface area contributed by atoms with Crippen molar-refractivity contribution in [2.45, 2.75) is 66.8 Å². The molecular formula is C27H30FN7O5S2. The lowest BCUT2D eigenvalue weighted by atomic mass is 9.97. The topological polar surface area (TPSA) is 160 Å². The van der Waals surface area contributed by atoms with Gasteiger partial charge in [-0.3, -0.25) is 4.79 Å². The lowest BCUT2D eigenvalue weighted by Gasteiger charge is -2.30. The van der Waals surface area contributed by atoms with Gasteiger partial charge >= 0.3 is 0 Å². The fraction of sp³-hybridized carbons (Fsp3) is 0.407. The zero-order chi connectivity index (χ0) is 29.5. The van der Waals surface area contributed by atoms with Crippen LogP contribution in [0.5, 0.6) is 0 Å². The van der Waals surface area contributed by atoms with Crippen LogP contribution in [0.25, 0.3) is 11.2 Å². The number of nitrogens with one attached hydrogen (secondary N) is 2. The lowest BCUT2D eigenvalue weighted by Crippen LogP contribution is -2.38. The molecule has 4 aromatic rings. The predicted octanol–water partition coefficient (Wildman–Crippen LogP) is 2.49. The maximum atomic E-state index is 13.6. The van der Waals surface area contributed by atoms with Gasteiger partial charge in [-0.1, -0.05) is 30.2 Å². The summed E-state index contributed by atoms with van der Waals surface area (Å²) in [6, 6.07) is 11.2. The number of aromatic nitrogens is 5. The number of fused-ring (bicyclic) bond motifs is 1. The first-order valence-corrected chi connectivity index (χ1v) is 16.7. The van der Waals surface area contributed by atoms with E-state index in [1.807, 2.05) is 0 Å². The van der Waals surface area contributed by atoms with Gasteiger partial charge in [0.1, 0.15) is 11.6 Å². The van der Waals surface area contributed by atoms with Crippen LogP contribution in [-0.4, -0.2) is 65.2 Å². The van der Waals surface area contributed by atoms with E-state index in [2.05, 4.69) is 25.0 Å². The van der Waals surface area contributed by atoms with Gasteiger partial charge in [0.15, 0.2) is 11.2 Å². The van der Waals surface area contributed by atoms with Crippen LogP contribution in [0.15, 0.2) is 63.1 Å². The Kier molecular flexibility index (Phi) is 7.68. The molecule has 6 rings (SSSR count). The highest BCUT2D eigenvalue weighted by molar-refractivity contribution is 7.89. The first-order valence-electron chi connectivity index (χ1n) is 13.8. The van der Waals surface area contributed by atoms with Crippen LogP contribution in [-0.2, 0) is 26.6 Å². The van der Waals surface area contributed by atoms with Crippen molar-refractivity contribution in [2.24, 2.45) is 0 Å². The Hall–Kier alpha value is -3.53. The van der Waals surface area contributed by atoms with E-state index in [0.717, 1.165) is 25.7 Å². The molecule has 222 valence electrons. The molecule has 2 fully saturated rings. The first-order chi connectivity index (χ1) is 20.1. The van der Waals surface area contributed by atoms with Crippen molar-refractivity contribution in [3.63, 3.8) is 0 Å². The standard InChI is InChI=1S/C27H30FN7O5S2/c28-20-5-3-4-18(16-20)17-35-26-24(31-33-35)27(36)30-25(29-26)19-12-14-34(15-13-19)42(39,40)23-10-8-22(9-11-23)41(37,38)32-21-6-1-2-7-21/h3-5,8-11,16,19,21,32H,1-2,6-7,12-15,17H2,(H,29,30,36). The van der Waals surface area contributed by atoms with Crippen molar-refractivity contribution in [2.75, 3.05) is 13.1 Å². The fourth-order valence-electron chi connectivity index (χ4n) is 5.63. The lowest BCUT2D eigenvalue weighted by molar-refractivity contribution is 0.313. The van der Waals surface area contributed by atoms with E-state index < -0.39 is 25.6 Å². The Labute approximate surface area is 242 Å². The van der Waals surface area contributed by atoms with Crippen molar-refractivity contribution in [3.05, 3.63) is 76.1 Å². The summed E-state index contributed by atoms with van der Waals surface area (Å²) in [6.07, 6.45) is 4.40. The minimum Gasteiger partial charge on any atom is -0.308 e. The summed E-state index contributed by atoms with van der Waals surface area (Å²) in [4.78, 5) is 20.2. The summed E-state index contributed by atoms with van der Waals surface area (Å²) >= 11 is 0. The molecule has 1 aliphatic heterocycles. The number of rotatable bonds is 8. The molecule has 15 heteroatoms. The number of aromatic amines is 1. The third-order valence-corrected chi connectivity index (χ3v) is 11.4. The van der Waals surface area contributed by atoms with E-state index in [1.165, 1.54) is 45.4 Å². The minimum atomic E-state index is -3.86. The number of H-pyrrole nitrogens is 1. The summed E-state index contributed by atoms with van der Waals surface area (Å²) in [5.41, 5.74) is 0.525. The summed E-state index contributed by atoms with van der Waals surface area (Å²) in [6.45, 7) is 0.565. The number of nitrogens with zero attached hydrogens (tertiary/aromatic N) is 5. The first kappa shape index (κ1) is 28.6. The molecule has 1 saturated carbocycles. The highest BCUT2D eigenvalue weighted by Gasteiger charge is 2.32. The van der Waals surface area contributed by atoms with Crippen molar-refractivity contribution in [1.29, 1.82) is 0 Å². The largest absolute Gasteiger partial charge is 0.308 e. The predicted molar refractivity (Wildman–Crippen MR) is 151 cm³/mol. The van der Waals surface area contributed by atoms with Gasteiger partial charge in [-0.2, -0.15) is 4.31 Å². The van der Waals surface area contributed by atoms with Gasteiger partial charge < -0.3 is 4.98 Å². The smallest absolute Gasteiger partial charge is 0.281 e. The van der Waals surface area contributed by atoms with E-state index in [9.17, 15) is 26.0 Å². The number of hydrogen-bond donors (Lipinski definition) is 2. The summed E-state index contributed by atoms with van der Waals surface area (Å²) in [5, 5.41) is 7.96. The number of piperidine rings is 1. The van der Waals surface area contributed by atoms with Crippen LogP contribution >= 0.6 is 0 Å². The van der Waals surface area contributed by atoms with E-state index in [4.69, 9.17) is 0 Å². The number of hydrogen-bond acceptors (Lipinski definition) is 8. The maximum Gasteiger partial charge on any atom is 0.281 e. The van der Waals surface area contributed by atoms with Gasteiger partial charge in [-0.25, -0.2) is 35.6 Å². The Morgan fingerprint density at radius 1 is 0.952 bits per heavy atom. The van der Waals surface area contributed by atoms with Gasteiger partial charge in [0.05, 0.1) is 16.3 Å². The maximum absolute atomic E-state index is 13.6. The Morgan fingerprint density at radius 3 is 2.33 bits per heavy atom. The highest BCUT2D eigenvalue weighted by atomic mass is 32.2. The van der Waals surface area contributed by atoms with E-state index in [-0.39, 0.29) is 58.4 Å². The van der Waals surface area contributed by atoms with Crippen LogP contribution in [0.2, 0.25) is 0 Å².